The number of nitrogens with two attached hydrogens (primary N) is 1. The van der Waals surface area contributed by atoms with Gasteiger partial charge in [-0.15, -0.1) is 0 Å². The molecule has 0 spiro atoms. The lowest BCUT2D eigenvalue weighted by molar-refractivity contribution is 0.325. The second-order valence-electron chi connectivity index (χ2n) is 1.62. The SMILES string of the molecule is CO[SiH](O)CCCN. The molecule has 0 radical (unpaired) electrons. The van der Waals surface area contributed by atoms with E-state index >= 15 is 0 Å². The summed E-state index contributed by atoms with van der Waals surface area (Å²) in [6.07, 6.45) is 0.876. The van der Waals surface area contributed by atoms with Crippen molar-refractivity contribution in [3.63, 3.8) is 0 Å². The monoisotopic (exact) mass is 135 g/mol. The van der Waals surface area contributed by atoms with Crippen molar-refractivity contribution in [1.29, 1.82) is 0 Å². The van der Waals surface area contributed by atoms with Gasteiger partial charge in [0.05, 0.1) is 0 Å². The fourth-order valence-electron chi connectivity index (χ4n) is 0.410. The lowest BCUT2D eigenvalue weighted by Crippen LogP contribution is -2.16. The minimum Gasteiger partial charge on any atom is -0.413 e. The Kier molecular flexibility index (Phi) is 5.30. The van der Waals surface area contributed by atoms with E-state index in [1.54, 1.807) is 0 Å². The summed E-state index contributed by atoms with van der Waals surface area (Å²) in [7, 11) is -0.244. The first-order chi connectivity index (χ1) is 3.81. The third kappa shape index (κ3) is 4.26. The Morgan fingerprint density at radius 3 is 2.75 bits per heavy atom. The average Bonchev–Trinajstić information content (AvgIpc) is 1.83. The molecular formula is C4H13NO2Si. The standard InChI is InChI=1S/C4H13NO2Si/c1-7-8(6)4-2-3-5/h6,8H,2-5H2,1H3. The van der Waals surface area contributed by atoms with Gasteiger partial charge in [-0.05, 0) is 19.0 Å². The molecule has 0 aliphatic heterocycles. The molecule has 0 amide bonds. The minimum atomic E-state index is -1.78. The van der Waals surface area contributed by atoms with Crippen molar-refractivity contribution in [2.75, 3.05) is 13.7 Å². The smallest absolute Gasteiger partial charge is 0.318 e. The second kappa shape index (κ2) is 5.24. The topological polar surface area (TPSA) is 55.5 Å². The van der Waals surface area contributed by atoms with E-state index in [4.69, 9.17) is 15.0 Å². The Morgan fingerprint density at radius 1 is 1.75 bits per heavy atom. The normalized spacial score (nSPS) is 13.9. The molecule has 0 fully saturated rings. The zero-order valence-electron chi connectivity index (χ0n) is 5.13. The van der Waals surface area contributed by atoms with Crippen LogP contribution in [0.3, 0.4) is 0 Å². The third-order valence-electron chi connectivity index (χ3n) is 0.927. The first-order valence-electron chi connectivity index (χ1n) is 2.72. The largest absolute Gasteiger partial charge is 0.413 e. The van der Waals surface area contributed by atoms with Crippen LogP contribution in [0.2, 0.25) is 6.04 Å². The highest BCUT2D eigenvalue weighted by Gasteiger charge is 2.02. The Bertz CT molecular complexity index is 53.3. The van der Waals surface area contributed by atoms with Gasteiger partial charge in [0.15, 0.2) is 0 Å². The summed E-state index contributed by atoms with van der Waals surface area (Å²) >= 11 is 0. The molecule has 1 atom stereocenters. The molecule has 0 saturated heterocycles. The van der Waals surface area contributed by atoms with Crippen LogP contribution < -0.4 is 5.73 Å². The summed E-state index contributed by atoms with van der Waals surface area (Å²) in [5.74, 6) is 0. The third-order valence-corrected chi connectivity index (χ3v) is 2.37. The van der Waals surface area contributed by atoms with Gasteiger partial charge in [0.2, 0.25) is 0 Å². The van der Waals surface area contributed by atoms with Gasteiger partial charge in [0.1, 0.15) is 0 Å². The van der Waals surface area contributed by atoms with Gasteiger partial charge in [-0.25, -0.2) is 0 Å². The van der Waals surface area contributed by atoms with E-state index in [0.29, 0.717) is 6.54 Å². The van der Waals surface area contributed by atoms with Crippen LogP contribution >= 0.6 is 0 Å². The number of rotatable bonds is 4. The zero-order chi connectivity index (χ0) is 6.41. The lowest BCUT2D eigenvalue weighted by Gasteiger charge is -2.01. The second-order valence-corrected chi connectivity index (χ2v) is 3.58. The molecule has 0 aromatic carbocycles. The van der Waals surface area contributed by atoms with Gasteiger partial charge in [0, 0.05) is 7.11 Å². The first-order valence-corrected chi connectivity index (χ1v) is 4.52. The quantitative estimate of drug-likeness (QED) is 0.496. The zero-order valence-corrected chi connectivity index (χ0v) is 6.29. The highest BCUT2D eigenvalue weighted by Crippen LogP contribution is 1.91. The highest BCUT2D eigenvalue weighted by molar-refractivity contribution is 6.42. The molecule has 0 aliphatic rings. The molecule has 50 valence electrons. The fraction of sp³-hybridized carbons (Fsp3) is 1.00. The van der Waals surface area contributed by atoms with E-state index in [9.17, 15) is 0 Å². The molecule has 0 rings (SSSR count). The molecule has 0 heterocycles. The molecule has 8 heavy (non-hydrogen) atoms. The Balaban J connectivity index is 2.86. The highest BCUT2D eigenvalue weighted by atomic mass is 28.3. The predicted molar refractivity (Wildman–Crippen MR) is 34.9 cm³/mol. The summed E-state index contributed by atoms with van der Waals surface area (Å²) in [5.41, 5.74) is 5.19. The van der Waals surface area contributed by atoms with E-state index in [-0.39, 0.29) is 0 Å². The van der Waals surface area contributed by atoms with E-state index in [2.05, 4.69) is 0 Å². The van der Waals surface area contributed by atoms with Crippen LogP contribution in [0, 0.1) is 0 Å². The summed E-state index contributed by atoms with van der Waals surface area (Å²) in [4.78, 5) is 8.85. The maximum Gasteiger partial charge on any atom is 0.318 e. The molecule has 0 bridgehead atoms. The van der Waals surface area contributed by atoms with Gasteiger partial charge < -0.3 is 15.0 Å². The van der Waals surface area contributed by atoms with Crippen LogP contribution in [0.1, 0.15) is 6.42 Å². The molecule has 3 nitrogen and oxygen atoms in total. The van der Waals surface area contributed by atoms with Gasteiger partial charge in [-0.1, -0.05) is 0 Å². The van der Waals surface area contributed by atoms with Crippen molar-refractivity contribution in [3.05, 3.63) is 0 Å². The van der Waals surface area contributed by atoms with Gasteiger partial charge in [0.25, 0.3) is 0 Å². The van der Waals surface area contributed by atoms with Crippen molar-refractivity contribution < 1.29 is 9.22 Å². The summed E-state index contributed by atoms with van der Waals surface area (Å²) in [6.45, 7) is 0.646. The van der Waals surface area contributed by atoms with Crippen molar-refractivity contribution in [3.8, 4) is 0 Å². The van der Waals surface area contributed by atoms with Crippen LogP contribution in [-0.4, -0.2) is 27.7 Å². The molecule has 0 aromatic heterocycles. The van der Waals surface area contributed by atoms with Crippen LogP contribution in [-0.2, 0) is 4.43 Å². The van der Waals surface area contributed by atoms with Crippen molar-refractivity contribution in [1.82, 2.24) is 0 Å². The fourth-order valence-corrected chi connectivity index (χ4v) is 1.23. The van der Waals surface area contributed by atoms with E-state index in [0.717, 1.165) is 12.5 Å². The Morgan fingerprint density at radius 2 is 2.38 bits per heavy atom. The van der Waals surface area contributed by atoms with E-state index in [1.165, 1.54) is 7.11 Å². The molecule has 0 aromatic rings. The maximum atomic E-state index is 8.85. The van der Waals surface area contributed by atoms with E-state index in [1.807, 2.05) is 0 Å². The molecule has 4 heteroatoms. The number of hydrogen-bond donors (Lipinski definition) is 2. The van der Waals surface area contributed by atoms with Crippen LogP contribution in [0.5, 0.6) is 0 Å². The van der Waals surface area contributed by atoms with Gasteiger partial charge >= 0.3 is 9.28 Å². The van der Waals surface area contributed by atoms with Crippen LogP contribution in [0.25, 0.3) is 0 Å². The number of hydrogen-bond acceptors (Lipinski definition) is 3. The maximum absolute atomic E-state index is 8.85. The molecular weight excluding hydrogens is 122 g/mol. The lowest BCUT2D eigenvalue weighted by atomic mass is 10.5. The van der Waals surface area contributed by atoms with Gasteiger partial charge in [-0.2, -0.15) is 0 Å². The predicted octanol–water partition coefficient (Wildman–Crippen LogP) is -0.806. The average molecular weight is 135 g/mol. The van der Waals surface area contributed by atoms with Crippen LogP contribution in [0.4, 0.5) is 0 Å². The Hall–Kier alpha value is 0.0969. The summed E-state index contributed by atoms with van der Waals surface area (Å²) < 4.78 is 4.69. The van der Waals surface area contributed by atoms with Crippen molar-refractivity contribution in [2.24, 2.45) is 5.73 Å². The molecule has 1 unspecified atom stereocenters. The van der Waals surface area contributed by atoms with Crippen molar-refractivity contribution in [2.45, 2.75) is 12.5 Å². The summed E-state index contributed by atoms with van der Waals surface area (Å²) in [6, 6.07) is 0.771. The molecule has 0 saturated carbocycles. The van der Waals surface area contributed by atoms with E-state index < -0.39 is 9.28 Å². The Labute approximate surface area is 51.3 Å². The van der Waals surface area contributed by atoms with Gasteiger partial charge in [-0.3, -0.25) is 0 Å². The summed E-state index contributed by atoms with van der Waals surface area (Å²) in [5, 5.41) is 0. The first kappa shape index (κ1) is 8.10. The molecule has 0 aliphatic carbocycles. The minimum absolute atomic E-state index is 0.646. The molecule has 3 N–H and O–H groups in total. The van der Waals surface area contributed by atoms with Crippen molar-refractivity contribution >= 4 is 9.28 Å². The van der Waals surface area contributed by atoms with Crippen LogP contribution in [0.15, 0.2) is 0 Å².